The minimum atomic E-state index is -1.13. The fourth-order valence-electron chi connectivity index (χ4n) is 2.57. The van der Waals surface area contributed by atoms with Crippen molar-refractivity contribution in [2.45, 2.75) is 44.3 Å². The van der Waals surface area contributed by atoms with E-state index in [0.29, 0.717) is 12.8 Å². The molecule has 1 aromatic carbocycles. The lowest BCUT2D eigenvalue weighted by Gasteiger charge is -2.45. The third kappa shape index (κ3) is 1.40. The third-order valence-electron chi connectivity index (χ3n) is 3.84. The van der Waals surface area contributed by atoms with Gasteiger partial charge in [-0.2, -0.15) is 0 Å². The van der Waals surface area contributed by atoms with Gasteiger partial charge in [0.2, 0.25) is 0 Å². The number of benzene rings is 1. The normalized spacial score (nSPS) is 34.9. The van der Waals surface area contributed by atoms with Crippen LogP contribution in [0.5, 0.6) is 0 Å². The molecule has 0 saturated heterocycles. The molecule has 0 spiro atoms. The molecule has 2 heteroatoms. The van der Waals surface area contributed by atoms with E-state index < -0.39 is 11.2 Å². The largest absolute Gasteiger partial charge is 0.387 e. The van der Waals surface area contributed by atoms with Crippen molar-refractivity contribution in [1.82, 2.24) is 0 Å². The summed E-state index contributed by atoms with van der Waals surface area (Å²) in [4.78, 5) is 0. The Hall–Kier alpha value is -0.860. The Labute approximate surface area is 90.6 Å². The van der Waals surface area contributed by atoms with Gasteiger partial charge in [0.15, 0.2) is 0 Å². The summed E-state index contributed by atoms with van der Waals surface area (Å²) in [5.74, 6) is 0. The summed E-state index contributed by atoms with van der Waals surface area (Å²) in [6.07, 6.45) is 2.05. The molecule has 2 unspecified atom stereocenters. The van der Waals surface area contributed by atoms with E-state index >= 15 is 0 Å². The van der Waals surface area contributed by atoms with E-state index in [0.717, 1.165) is 17.5 Å². The van der Waals surface area contributed by atoms with E-state index in [1.807, 2.05) is 31.2 Å². The number of aliphatic hydroxyl groups is 2. The zero-order chi connectivity index (χ0) is 11.1. The summed E-state index contributed by atoms with van der Waals surface area (Å²) in [6, 6.07) is 7.83. The molecule has 1 aliphatic rings. The Morgan fingerprint density at radius 3 is 2.60 bits per heavy atom. The second-order valence-corrected chi connectivity index (χ2v) is 4.61. The van der Waals surface area contributed by atoms with Crippen molar-refractivity contribution in [3.63, 3.8) is 0 Å². The van der Waals surface area contributed by atoms with Gasteiger partial charge < -0.3 is 10.2 Å². The SMILES string of the molecule is CCC1(O)CCc2ccccc2C1(C)O. The number of rotatable bonds is 1. The van der Waals surface area contributed by atoms with Gasteiger partial charge in [0, 0.05) is 0 Å². The van der Waals surface area contributed by atoms with Crippen LogP contribution in [0.4, 0.5) is 0 Å². The van der Waals surface area contributed by atoms with Crippen molar-refractivity contribution in [2.24, 2.45) is 0 Å². The maximum absolute atomic E-state index is 10.5. The van der Waals surface area contributed by atoms with Crippen LogP contribution >= 0.6 is 0 Å². The molecule has 0 amide bonds. The number of fused-ring (bicyclic) bond motifs is 1. The van der Waals surface area contributed by atoms with E-state index in [1.165, 1.54) is 0 Å². The summed E-state index contributed by atoms with van der Waals surface area (Å²) in [6.45, 7) is 3.64. The van der Waals surface area contributed by atoms with Crippen molar-refractivity contribution in [3.8, 4) is 0 Å². The van der Waals surface area contributed by atoms with Crippen LogP contribution in [0, 0.1) is 0 Å². The van der Waals surface area contributed by atoms with Crippen LogP contribution in [0.25, 0.3) is 0 Å². The first kappa shape index (κ1) is 10.7. The van der Waals surface area contributed by atoms with Gasteiger partial charge in [-0.15, -0.1) is 0 Å². The fraction of sp³-hybridized carbons (Fsp3) is 0.538. The average Bonchev–Trinajstić information content (AvgIpc) is 2.24. The molecule has 0 fully saturated rings. The van der Waals surface area contributed by atoms with Gasteiger partial charge in [0.25, 0.3) is 0 Å². The van der Waals surface area contributed by atoms with Crippen molar-refractivity contribution < 1.29 is 10.2 Å². The van der Waals surface area contributed by atoms with Gasteiger partial charge in [-0.1, -0.05) is 31.2 Å². The summed E-state index contributed by atoms with van der Waals surface area (Å²) < 4.78 is 0. The van der Waals surface area contributed by atoms with Gasteiger partial charge in [-0.05, 0) is 37.3 Å². The van der Waals surface area contributed by atoms with Crippen LogP contribution in [0.1, 0.15) is 37.8 Å². The highest BCUT2D eigenvalue weighted by atomic mass is 16.4. The first-order chi connectivity index (χ1) is 7.01. The number of aryl methyl sites for hydroxylation is 1. The molecule has 2 atom stereocenters. The van der Waals surface area contributed by atoms with E-state index in [-0.39, 0.29) is 0 Å². The van der Waals surface area contributed by atoms with E-state index in [4.69, 9.17) is 0 Å². The molecule has 15 heavy (non-hydrogen) atoms. The lowest BCUT2D eigenvalue weighted by atomic mass is 9.68. The number of hydrogen-bond acceptors (Lipinski definition) is 2. The highest BCUT2D eigenvalue weighted by molar-refractivity contribution is 5.37. The molecule has 0 saturated carbocycles. The Morgan fingerprint density at radius 2 is 1.93 bits per heavy atom. The van der Waals surface area contributed by atoms with Crippen molar-refractivity contribution in [3.05, 3.63) is 35.4 Å². The molecule has 82 valence electrons. The van der Waals surface area contributed by atoms with Gasteiger partial charge in [-0.3, -0.25) is 0 Å². The minimum Gasteiger partial charge on any atom is -0.387 e. The topological polar surface area (TPSA) is 40.5 Å². The van der Waals surface area contributed by atoms with Crippen LogP contribution < -0.4 is 0 Å². The summed E-state index contributed by atoms with van der Waals surface area (Å²) >= 11 is 0. The molecule has 0 aliphatic heterocycles. The van der Waals surface area contributed by atoms with Crippen molar-refractivity contribution >= 4 is 0 Å². The monoisotopic (exact) mass is 206 g/mol. The molecular weight excluding hydrogens is 188 g/mol. The molecule has 1 aromatic rings. The predicted octanol–water partition coefficient (Wildman–Crippen LogP) is 1.98. The van der Waals surface area contributed by atoms with Gasteiger partial charge in [0.05, 0.1) is 5.60 Å². The minimum absolute atomic E-state index is 0.578. The van der Waals surface area contributed by atoms with Crippen LogP contribution in [0.15, 0.2) is 24.3 Å². The molecule has 0 bridgehead atoms. The lowest BCUT2D eigenvalue weighted by Crippen LogP contribution is -2.52. The maximum atomic E-state index is 10.5. The van der Waals surface area contributed by atoms with Crippen LogP contribution in [0.2, 0.25) is 0 Å². The molecule has 0 aromatic heterocycles. The molecule has 0 heterocycles. The summed E-state index contributed by atoms with van der Waals surface area (Å²) in [7, 11) is 0. The molecule has 0 radical (unpaired) electrons. The molecule has 1 aliphatic carbocycles. The Morgan fingerprint density at radius 1 is 1.27 bits per heavy atom. The second-order valence-electron chi connectivity index (χ2n) is 4.61. The summed E-state index contributed by atoms with van der Waals surface area (Å²) in [5, 5.41) is 20.9. The summed E-state index contributed by atoms with van der Waals surface area (Å²) in [5.41, 5.74) is -0.0842. The first-order valence-electron chi connectivity index (χ1n) is 5.54. The Bertz CT molecular complexity index is 371. The quantitative estimate of drug-likeness (QED) is 0.737. The van der Waals surface area contributed by atoms with Crippen LogP contribution in [0.3, 0.4) is 0 Å². The standard InChI is InChI=1S/C13H18O2/c1-3-13(15)9-8-10-6-4-5-7-11(10)12(13,2)14/h4-7,14-15H,3,8-9H2,1-2H3. The third-order valence-corrected chi connectivity index (χ3v) is 3.84. The predicted molar refractivity (Wildman–Crippen MR) is 59.6 cm³/mol. The maximum Gasteiger partial charge on any atom is 0.116 e. The van der Waals surface area contributed by atoms with Gasteiger partial charge in [-0.25, -0.2) is 0 Å². The number of hydrogen-bond donors (Lipinski definition) is 2. The van der Waals surface area contributed by atoms with Gasteiger partial charge in [0.1, 0.15) is 5.60 Å². The molecule has 2 rings (SSSR count). The molecule has 2 N–H and O–H groups in total. The van der Waals surface area contributed by atoms with E-state index in [1.54, 1.807) is 6.92 Å². The fourth-order valence-corrected chi connectivity index (χ4v) is 2.57. The highest BCUT2D eigenvalue weighted by Gasteiger charge is 2.48. The second kappa shape index (κ2) is 3.32. The molecular formula is C13H18O2. The lowest BCUT2D eigenvalue weighted by molar-refractivity contribution is -0.159. The van der Waals surface area contributed by atoms with E-state index in [9.17, 15) is 10.2 Å². The van der Waals surface area contributed by atoms with Crippen molar-refractivity contribution in [2.75, 3.05) is 0 Å². The Balaban J connectivity index is 2.54. The molecule has 2 nitrogen and oxygen atoms in total. The smallest absolute Gasteiger partial charge is 0.116 e. The van der Waals surface area contributed by atoms with Crippen molar-refractivity contribution in [1.29, 1.82) is 0 Å². The first-order valence-corrected chi connectivity index (χ1v) is 5.54. The zero-order valence-corrected chi connectivity index (χ0v) is 9.33. The Kier molecular flexibility index (Phi) is 2.36. The van der Waals surface area contributed by atoms with Gasteiger partial charge >= 0.3 is 0 Å². The van der Waals surface area contributed by atoms with Crippen LogP contribution in [-0.4, -0.2) is 15.8 Å². The highest BCUT2D eigenvalue weighted by Crippen LogP contribution is 2.43. The van der Waals surface area contributed by atoms with Crippen LogP contribution in [-0.2, 0) is 12.0 Å². The zero-order valence-electron chi connectivity index (χ0n) is 9.33. The van der Waals surface area contributed by atoms with E-state index in [2.05, 4.69) is 0 Å². The average molecular weight is 206 g/mol.